The SMILES string of the molecule is CC(C)(C)c1ccc(C(=O)Nc2cccc3cnccc23)cc1. The minimum atomic E-state index is -0.102. The van der Waals surface area contributed by atoms with Gasteiger partial charge in [0.1, 0.15) is 0 Å². The van der Waals surface area contributed by atoms with Gasteiger partial charge in [-0.05, 0) is 35.2 Å². The van der Waals surface area contributed by atoms with E-state index in [2.05, 4.69) is 31.1 Å². The van der Waals surface area contributed by atoms with Crippen LogP contribution >= 0.6 is 0 Å². The van der Waals surface area contributed by atoms with Gasteiger partial charge in [0, 0.05) is 34.4 Å². The summed E-state index contributed by atoms with van der Waals surface area (Å²) in [5.74, 6) is -0.102. The highest BCUT2D eigenvalue weighted by atomic mass is 16.1. The molecule has 0 unspecified atom stereocenters. The lowest BCUT2D eigenvalue weighted by Gasteiger charge is -2.19. The second kappa shape index (κ2) is 5.84. The van der Waals surface area contributed by atoms with Crippen molar-refractivity contribution >= 4 is 22.4 Å². The number of rotatable bonds is 2. The average Bonchev–Trinajstić information content (AvgIpc) is 2.54. The van der Waals surface area contributed by atoms with Crippen LogP contribution in [0.25, 0.3) is 10.8 Å². The molecule has 0 aliphatic rings. The van der Waals surface area contributed by atoms with E-state index in [1.807, 2.05) is 48.5 Å². The Morgan fingerprint density at radius 2 is 1.74 bits per heavy atom. The number of anilines is 1. The predicted octanol–water partition coefficient (Wildman–Crippen LogP) is 4.78. The lowest BCUT2D eigenvalue weighted by Crippen LogP contribution is -2.14. The number of fused-ring (bicyclic) bond motifs is 1. The van der Waals surface area contributed by atoms with Gasteiger partial charge in [0.2, 0.25) is 0 Å². The van der Waals surface area contributed by atoms with Crippen LogP contribution in [0, 0.1) is 0 Å². The minimum absolute atomic E-state index is 0.0810. The molecule has 0 fully saturated rings. The van der Waals surface area contributed by atoms with Crippen LogP contribution in [0.3, 0.4) is 0 Å². The summed E-state index contributed by atoms with van der Waals surface area (Å²) in [5.41, 5.74) is 2.75. The fourth-order valence-electron chi connectivity index (χ4n) is 2.55. The number of hydrogen-bond donors (Lipinski definition) is 1. The lowest BCUT2D eigenvalue weighted by molar-refractivity contribution is 0.102. The van der Waals surface area contributed by atoms with Crippen LogP contribution < -0.4 is 5.32 Å². The fraction of sp³-hybridized carbons (Fsp3) is 0.200. The molecule has 0 bridgehead atoms. The number of amides is 1. The largest absolute Gasteiger partial charge is 0.321 e. The van der Waals surface area contributed by atoms with Crippen molar-refractivity contribution in [2.75, 3.05) is 5.32 Å². The highest BCUT2D eigenvalue weighted by molar-refractivity contribution is 6.09. The van der Waals surface area contributed by atoms with Crippen molar-refractivity contribution in [2.24, 2.45) is 0 Å². The van der Waals surface area contributed by atoms with Crippen molar-refractivity contribution in [1.82, 2.24) is 4.98 Å². The normalized spacial score (nSPS) is 11.4. The summed E-state index contributed by atoms with van der Waals surface area (Å²) in [6.45, 7) is 6.48. The van der Waals surface area contributed by atoms with Crippen LogP contribution in [-0.4, -0.2) is 10.9 Å². The number of hydrogen-bond acceptors (Lipinski definition) is 2. The van der Waals surface area contributed by atoms with Crippen LogP contribution in [-0.2, 0) is 5.41 Å². The van der Waals surface area contributed by atoms with E-state index in [0.717, 1.165) is 16.5 Å². The summed E-state index contributed by atoms with van der Waals surface area (Å²) in [6, 6.07) is 15.5. The summed E-state index contributed by atoms with van der Waals surface area (Å²) >= 11 is 0. The first-order valence-electron chi connectivity index (χ1n) is 7.70. The molecule has 116 valence electrons. The fourth-order valence-corrected chi connectivity index (χ4v) is 2.55. The van der Waals surface area contributed by atoms with Gasteiger partial charge >= 0.3 is 0 Å². The third kappa shape index (κ3) is 3.24. The maximum absolute atomic E-state index is 12.5. The third-order valence-corrected chi connectivity index (χ3v) is 3.94. The smallest absolute Gasteiger partial charge is 0.255 e. The highest BCUT2D eigenvalue weighted by Gasteiger charge is 2.14. The molecule has 3 rings (SSSR count). The molecule has 1 N–H and O–H groups in total. The molecule has 0 aliphatic carbocycles. The number of carbonyl (C=O) groups excluding carboxylic acids is 1. The zero-order valence-electron chi connectivity index (χ0n) is 13.6. The van der Waals surface area contributed by atoms with E-state index in [-0.39, 0.29) is 11.3 Å². The molecule has 2 aromatic carbocycles. The third-order valence-electron chi connectivity index (χ3n) is 3.94. The average molecular weight is 304 g/mol. The van der Waals surface area contributed by atoms with Crippen molar-refractivity contribution in [3.05, 3.63) is 72.1 Å². The molecule has 0 saturated carbocycles. The molecule has 0 saturated heterocycles. The summed E-state index contributed by atoms with van der Waals surface area (Å²) in [7, 11) is 0. The Hall–Kier alpha value is -2.68. The van der Waals surface area contributed by atoms with Crippen LogP contribution in [0.4, 0.5) is 5.69 Å². The van der Waals surface area contributed by atoms with E-state index in [4.69, 9.17) is 0 Å². The van der Waals surface area contributed by atoms with Crippen molar-refractivity contribution in [2.45, 2.75) is 26.2 Å². The van der Waals surface area contributed by atoms with Crippen molar-refractivity contribution in [1.29, 1.82) is 0 Å². The van der Waals surface area contributed by atoms with E-state index < -0.39 is 0 Å². The van der Waals surface area contributed by atoms with Gasteiger partial charge < -0.3 is 5.32 Å². The van der Waals surface area contributed by atoms with E-state index in [9.17, 15) is 4.79 Å². The number of nitrogens with one attached hydrogen (secondary N) is 1. The van der Waals surface area contributed by atoms with Crippen LogP contribution in [0.2, 0.25) is 0 Å². The molecule has 3 nitrogen and oxygen atoms in total. The van der Waals surface area contributed by atoms with Gasteiger partial charge in [-0.25, -0.2) is 0 Å². The van der Waals surface area contributed by atoms with Gasteiger partial charge in [0.15, 0.2) is 0 Å². The van der Waals surface area contributed by atoms with Gasteiger partial charge in [0.25, 0.3) is 5.91 Å². The van der Waals surface area contributed by atoms with E-state index in [1.54, 1.807) is 12.4 Å². The Bertz CT molecular complexity index is 840. The molecular formula is C20H20N2O. The Morgan fingerprint density at radius 3 is 2.43 bits per heavy atom. The molecule has 1 amide bonds. The van der Waals surface area contributed by atoms with Crippen LogP contribution in [0.15, 0.2) is 60.9 Å². The minimum Gasteiger partial charge on any atom is -0.321 e. The summed E-state index contributed by atoms with van der Waals surface area (Å²) in [6.07, 6.45) is 3.53. The quantitative estimate of drug-likeness (QED) is 0.740. The van der Waals surface area contributed by atoms with Crippen LogP contribution in [0.1, 0.15) is 36.7 Å². The first-order valence-corrected chi connectivity index (χ1v) is 7.70. The van der Waals surface area contributed by atoms with E-state index in [0.29, 0.717) is 5.56 Å². The van der Waals surface area contributed by atoms with Gasteiger partial charge in [-0.15, -0.1) is 0 Å². The monoisotopic (exact) mass is 304 g/mol. The van der Waals surface area contributed by atoms with Gasteiger partial charge in [0.05, 0.1) is 0 Å². The Labute approximate surface area is 136 Å². The number of carbonyl (C=O) groups is 1. The molecule has 3 aromatic rings. The van der Waals surface area contributed by atoms with E-state index in [1.165, 1.54) is 5.56 Å². The molecule has 0 spiro atoms. The number of pyridine rings is 1. The maximum Gasteiger partial charge on any atom is 0.255 e. The van der Waals surface area contributed by atoms with Crippen LogP contribution in [0.5, 0.6) is 0 Å². The number of nitrogens with zero attached hydrogens (tertiary/aromatic N) is 1. The number of aromatic nitrogens is 1. The molecule has 3 heteroatoms. The molecule has 0 radical (unpaired) electrons. The van der Waals surface area contributed by atoms with Gasteiger partial charge in [-0.2, -0.15) is 0 Å². The first-order chi connectivity index (χ1) is 10.9. The molecule has 0 atom stereocenters. The molecule has 1 heterocycles. The van der Waals surface area contributed by atoms with E-state index >= 15 is 0 Å². The zero-order valence-corrected chi connectivity index (χ0v) is 13.6. The Morgan fingerprint density at radius 1 is 1.00 bits per heavy atom. The summed E-state index contributed by atoms with van der Waals surface area (Å²) in [4.78, 5) is 16.6. The number of benzene rings is 2. The first kappa shape index (κ1) is 15.2. The van der Waals surface area contributed by atoms with Gasteiger partial charge in [-0.3, -0.25) is 9.78 Å². The second-order valence-corrected chi connectivity index (χ2v) is 6.68. The van der Waals surface area contributed by atoms with Crippen molar-refractivity contribution < 1.29 is 4.79 Å². The Balaban J connectivity index is 1.86. The Kier molecular flexibility index (Phi) is 3.87. The highest BCUT2D eigenvalue weighted by Crippen LogP contribution is 2.24. The standard InChI is InChI=1S/C20H20N2O/c1-20(2,3)16-9-7-14(8-10-16)19(23)22-18-6-4-5-15-13-21-12-11-17(15)18/h4-13H,1-3H3,(H,22,23). The molecule has 23 heavy (non-hydrogen) atoms. The topological polar surface area (TPSA) is 42.0 Å². The zero-order chi connectivity index (χ0) is 16.4. The molecular weight excluding hydrogens is 284 g/mol. The second-order valence-electron chi connectivity index (χ2n) is 6.68. The maximum atomic E-state index is 12.5. The van der Waals surface area contributed by atoms with Crippen molar-refractivity contribution in [3.8, 4) is 0 Å². The van der Waals surface area contributed by atoms with Crippen molar-refractivity contribution in [3.63, 3.8) is 0 Å². The summed E-state index contributed by atoms with van der Waals surface area (Å²) < 4.78 is 0. The molecule has 0 aliphatic heterocycles. The van der Waals surface area contributed by atoms with Gasteiger partial charge in [-0.1, -0.05) is 45.0 Å². The lowest BCUT2D eigenvalue weighted by atomic mass is 9.87. The predicted molar refractivity (Wildman–Crippen MR) is 94.8 cm³/mol. The summed E-state index contributed by atoms with van der Waals surface area (Å²) in [5, 5.41) is 4.99. The molecule has 1 aromatic heterocycles.